The van der Waals surface area contributed by atoms with E-state index in [1.807, 2.05) is 51.1 Å². The molecule has 0 spiro atoms. The highest BCUT2D eigenvalue weighted by Gasteiger charge is 2.31. The molecule has 0 heterocycles. The van der Waals surface area contributed by atoms with Crippen molar-refractivity contribution in [3.8, 4) is 0 Å². The zero-order valence-electron chi connectivity index (χ0n) is 11.3. The number of rotatable bonds is 3. The van der Waals surface area contributed by atoms with E-state index in [0.717, 1.165) is 5.56 Å². The molecular formula is C14H20N2O2. The topological polar surface area (TPSA) is 58.2 Å². The smallest absolute Gasteiger partial charge is 0.315 e. The minimum Gasteiger partial charge on any atom is -0.341 e. The molecule has 1 atom stereocenters. The number of hydrogen-bond acceptors (Lipinski definition) is 2. The summed E-state index contributed by atoms with van der Waals surface area (Å²) in [6.07, 6.45) is 0. The largest absolute Gasteiger partial charge is 0.341 e. The second kappa shape index (κ2) is 5.67. The fourth-order valence-corrected chi connectivity index (χ4v) is 1.58. The monoisotopic (exact) mass is 248 g/mol. The van der Waals surface area contributed by atoms with Crippen LogP contribution in [0.15, 0.2) is 30.3 Å². The number of nitrogens with one attached hydrogen (secondary N) is 2. The maximum absolute atomic E-state index is 12.4. The molecule has 4 nitrogen and oxygen atoms in total. The van der Waals surface area contributed by atoms with Crippen molar-refractivity contribution in [2.24, 2.45) is 5.41 Å². The van der Waals surface area contributed by atoms with Gasteiger partial charge in [0.1, 0.15) is 6.04 Å². The quantitative estimate of drug-likeness (QED) is 0.862. The molecule has 0 aliphatic carbocycles. The fraction of sp³-hybridized carbons (Fsp3) is 0.429. The molecule has 0 aliphatic heterocycles. The van der Waals surface area contributed by atoms with Crippen LogP contribution in [-0.4, -0.2) is 18.9 Å². The van der Waals surface area contributed by atoms with Crippen molar-refractivity contribution in [2.45, 2.75) is 26.8 Å². The van der Waals surface area contributed by atoms with Gasteiger partial charge in [-0.15, -0.1) is 0 Å². The van der Waals surface area contributed by atoms with Gasteiger partial charge in [-0.25, -0.2) is 4.79 Å². The van der Waals surface area contributed by atoms with Gasteiger partial charge in [-0.2, -0.15) is 0 Å². The van der Waals surface area contributed by atoms with E-state index in [1.54, 1.807) is 0 Å². The Bertz CT molecular complexity index is 421. The van der Waals surface area contributed by atoms with E-state index >= 15 is 0 Å². The van der Waals surface area contributed by atoms with Crippen molar-refractivity contribution in [1.82, 2.24) is 10.6 Å². The number of urea groups is 1. The maximum Gasteiger partial charge on any atom is 0.315 e. The van der Waals surface area contributed by atoms with Gasteiger partial charge >= 0.3 is 6.03 Å². The van der Waals surface area contributed by atoms with Crippen LogP contribution in [0.2, 0.25) is 0 Å². The van der Waals surface area contributed by atoms with Crippen LogP contribution >= 0.6 is 0 Å². The van der Waals surface area contributed by atoms with Gasteiger partial charge in [0.25, 0.3) is 0 Å². The molecule has 2 amide bonds. The summed E-state index contributed by atoms with van der Waals surface area (Å²) in [5, 5.41) is 5.16. The summed E-state index contributed by atoms with van der Waals surface area (Å²) in [5.41, 5.74) is 0.280. The van der Waals surface area contributed by atoms with Crippen LogP contribution < -0.4 is 10.6 Å². The molecule has 0 saturated carbocycles. The van der Waals surface area contributed by atoms with Gasteiger partial charge in [0.2, 0.25) is 0 Å². The predicted molar refractivity (Wildman–Crippen MR) is 71.2 cm³/mol. The Labute approximate surface area is 108 Å². The van der Waals surface area contributed by atoms with E-state index in [-0.39, 0.29) is 11.8 Å². The molecular weight excluding hydrogens is 228 g/mol. The highest BCUT2D eigenvalue weighted by molar-refractivity contribution is 5.92. The Morgan fingerprint density at radius 3 is 2.11 bits per heavy atom. The van der Waals surface area contributed by atoms with Crippen molar-refractivity contribution in [3.05, 3.63) is 35.9 Å². The molecule has 0 aliphatic rings. The van der Waals surface area contributed by atoms with Crippen molar-refractivity contribution < 1.29 is 9.59 Å². The Balaban J connectivity index is 3.04. The van der Waals surface area contributed by atoms with E-state index in [4.69, 9.17) is 0 Å². The Kier molecular flexibility index (Phi) is 4.48. The van der Waals surface area contributed by atoms with Crippen LogP contribution in [0.25, 0.3) is 0 Å². The molecule has 18 heavy (non-hydrogen) atoms. The standard InChI is InChI=1S/C14H20N2O2/c1-14(2,3)12(17)11(16-13(18)15-4)10-8-6-5-7-9-10/h5-9,11H,1-4H3,(H2,15,16,18)/t11-/m1/s1. The number of Topliss-reactive ketones (excluding diaryl/α,β-unsaturated/α-hetero) is 1. The summed E-state index contributed by atoms with van der Waals surface area (Å²) in [6, 6.07) is 8.28. The molecule has 0 aromatic heterocycles. The molecule has 1 aromatic rings. The summed E-state index contributed by atoms with van der Waals surface area (Å²) in [7, 11) is 1.53. The number of carbonyl (C=O) groups excluding carboxylic acids is 2. The summed E-state index contributed by atoms with van der Waals surface area (Å²) in [5.74, 6) is -0.0164. The van der Waals surface area contributed by atoms with Crippen molar-refractivity contribution in [1.29, 1.82) is 0 Å². The molecule has 2 N–H and O–H groups in total. The van der Waals surface area contributed by atoms with Crippen molar-refractivity contribution >= 4 is 11.8 Å². The maximum atomic E-state index is 12.4. The number of hydrogen-bond donors (Lipinski definition) is 2. The normalized spacial score (nSPS) is 12.7. The van der Waals surface area contributed by atoms with Gasteiger partial charge in [0.05, 0.1) is 0 Å². The lowest BCUT2D eigenvalue weighted by atomic mass is 9.84. The van der Waals surface area contributed by atoms with Crippen molar-refractivity contribution in [3.63, 3.8) is 0 Å². The van der Waals surface area contributed by atoms with E-state index < -0.39 is 11.5 Å². The first-order chi connectivity index (χ1) is 8.36. The molecule has 0 saturated heterocycles. The molecule has 98 valence electrons. The Morgan fingerprint density at radius 1 is 1.11 bits per heavy atom. The first-order valence-corrected chi connectivity index (χ1v) is 5.93. The Hall–Kier alpha value is -1.84. The molecule has 4 heteroatoms. The van der Waals surface area contributed by atoms with Crippen LogP contribution in [0.5, 0.6) is 0 Å². The van der Waals surface area contributed by atoms with Crippen LogP contribution in [0.1, 0.15) is 32.4 Å². The number of benzene rings is 1. The van der Waals surface area contributed by atoms with Gasteiger partial charge < -0.3 is 10.6 Å². The SMILES string of the molecule is CNC(=O)N[C@@H](C(=O)C(C)(C)C)c1ccccc1. The van der Waals surface area contributed by atoms with E-state index in [2.05, 4.69) is 10.6 Å². The van der Waals surface area contributed by atoms with Gasteiger partial charge in [-0.3, -0.25) is 4.79 Å². The second-order valence-corrected chi connectivity index (χ2v) is 5.18. The highest BCUT2D eigenvalue weighted by Crippen LogP contribution is 2.25. The lowest BCUT2D eigenvalue weighted by Gasteiger charge is -2.25. The van der Waals surface area contributed by atoms with E-state index in [1.165, 1.54) is 7.05 Å². The molecule has 0 unspecified atom stereocenters. The Morgan fingerprint density at radius 2 is 1.67 bits per heavy atom. The van der Waals surface area contributed by atoms with Crippen LogP contribution in [0.4, 0.5) is 4.79 Å². The number of carbonyl (C=O) groups is 2. The fourth-order valence-electron chi connectivity index (χ4n) is 1.58. The average molecular weight is 248 g/mol. The minimum atomic E-state index is -0.619. The van der Waals surface area contributed by atoms with E-state index in [0.29, 0.717) is 0 Å². The van der Waals surface area contributed by atoms with Gasteiger partial charge in [0.15, 0.2) is 5.78 Å². The lowest BCUT2D eigenvalue weighted by Crippen LogP contribution is -2.42. The zero-order chi connectivity index (χ0) is 13.8. The summed E-state index contributed by atoms with van der Waals surface area (Å²) < 4.78 is 0. The van der Waals surface area contributed by atoms with Gasteiger partial charge in [0, 0.05) is 12.5 Å². The number of amides is 2. The molecule has 1 rings (SSSR count). The summed E-state index contributed by atoms with van der Waals surface area (Å²) >= 11 is 0. The lowest BCUT2D eigenvalue weighted by molar-refractivity contribution is -0.128. The van der Waals surface area contributed by atoms with Crippen LogP contribution in [0, 0.1) is 5.41 Å². The third-order valence-electron chi connectivity index (χ3n) is 2.64. The highest BCUT2D eigenvalue weighted by atomic mass is 16.2. The minimum absolute atomic E-state index is 0.0164. The van der Waals surface area contributed by atoms with Gasteiger partial charge in [-0.1, -0.05) is 51.1 Å². The first-order valence-electron chi connectivity index (χ1n) is 5.93. The second-order valence-electron chi connectivity index (χ2n) is 5.18. The average Bonchev–Trinajstić information content (AvgIpc) is 2.34. The van der Waals surface area contributed by atoms with Crippen LogP contribution in [-0.2, 0) is 4.79 Å². The first kappa shape index (κ1) is 14.2. The molecule has 1 aromatic carbocycles. The summed E-state index contributed by atoms with van der Waals surface area (Å²) in [6.45, 7) is 5.53. The number of ketones is 1. The molecule has 0 bridgehead atoms. The third kappa shape index (κ3) is 3.58. The predicted octanol–water partition coefficient (Wildman–Crippen LogP) is 2.27. The van der Waals surface area contributed by atoms with Gasteiger partial charge in [-0.05, 0) is 5.56 Å². The molecule has 0 radical (unpaired) electrons. The van der Waals surface area contributed by atoms with E-state index in [9.17, 15) is 9.59 Å². The third-order valence-corrected chi connectivity index (χ3v) is 2.64. The zero-order valence-corrected chi connectivity index (χ0v) is 11.3. The van der Waals surface area contributed by atoms with Crippen LogP contribution in [0.3, 0.4) is 0 Å². The van der Waals surface area contributed by atoms with Crippen molar-refractivity contribution in [2.75, 3.05) is 7.05 Å². The summed E-state index contributed by atoms with van der Waals surface area (Å²) in [4.78, 5) is 23.8. The molecule has 0 fully saturated rings.